The van der Waals surface area contributed by atoms with Crippen molar-refractivity contribution < 1.29 is 0 Å². The fourth-order valence-corrected chi connectivity index (χ4v) is 3.44. The molecule has 1 aromatic heterocycles. The van der Waals surface area contributed by atoms with Gasteiger partial charge < -0.3 is 0 Å². The minimum Gasteiger partial charge on any atom is -0.230 e. The monoisotopic (exact) mass is 287 g/mol. The molecule has 1 atom stereocenters. The number of thioether (sulfide) groups is 1. The second kappa shape index (κ2) is 4.64. The van der Waals surface area contributed by atoms with Crippen LogP contribution in [0.5, 0.6) is 0 Å². The molecule has 0 radical (unpaired) electrons. The first kappa shape index (κ1) is 10.5. The lowest BCUT2D eigenvalue weighted by Crippen LogP contribution is -1.92. The zero-order valence-electron chi connectivity index (χ0n) is 7.74. The molecule has 0 aliphatic heterocycles. The van der Waals surface area contributed by atoms with Crippen LogP contribution in [0.3, 0.4) is 0 Å². The number of nitrogens with zero attached hydrogens (tertiary/aromatic N) is 1. The van der Waals surface area contributed by atoms with Gasteiger partial charge in [-0.1, -0.05) is 46.7 Å². The molecule has 0 saturated heterocycles. The number of alkyl halides is 1. The fraction of sp³-hybridized carbons (Fsp3) is 0.300. The topological polar surface area (TPSA) is 12.9 Å². The smallest absolute Gasteiger partial charge is 0.151 e. The van der Waals surface area contributed by atoms with Gasteiger partial charge in [0.1, 0.15) is 0 Å². The Bertz CT molecular complexity index is 392. The van der Waals surface area contributed by atoms with Gasteiger partial charge in [-0.15, -0.1) is 11.3 Å². The molecule has 1 aromatic carbocycles. The van der Waals surface area contributed by atoms with E-state index in [-0.39, 0.29) is 0 Å². The standard InChI is InChI=1S/C10H10BrNS2/c1-7(11)6-13-10-12-8-4-2-3-5-9(8)14-10/h2-5,7H,6H2,1H3. The molecule has 0 aliphatic rings. The summed E-state index contributed by atoms with van der Waals surface area (Å²) in [6, 6.07) is 8.27. The number of fused-ring (bicyclic) bond motifs is 1. The van der Waals surface area contributed by atoms with Crippen molar-refractivity contribution in [3.8, 4) is 0 Å². The minimum absolute atomic E-state index is 0.541. The highest BCUT2D eigenvalue weighted by molar-refractivity contribution is 9.09. The maximum atomic E-state index is 4.55. The van der Waals surface area contributed by atoms with Crippen LogP contribution in [0.2, 0.25) is 0 Å². The third-order valence-electron chi connectivity index (χ3n) is 1.71. The van der Waals surface area contributed by atoms with E-state index < -0.39 is 0 Å². The molecule has 1 nitrogen and oxygen atoms in total. The van der Waals surface area contributed by atoms with Gasteiger partial charge >= 0.3 is 0 Å². The van der Waals surface area contributed by atoms with Gasteiger partial charge in [-0.05, 0) is 12.1 Å². The van der Waals surface area contributed by atoms with Gasteiger partial charge in [0.25, 0.3) is 0 Å². The lowest BCUT2D eigenvalue weighted by molar-refractivity contribution is 1.15. The second-order valence-electron chi connectivity index (χ2n) is 3.04. The highest BCUT2D eigenvalue weighted by atomic mass is 79.9. The molecule has 14 heavy (non-hydrogen) atoms. The van der Waals surface area contributed by atoms with Crippen molar-refractivity contribution in [2.75, 3.05) is 5.75 Å². The maximum Gasteiger partial charge on any atom is 0.151 e. The SMILES string of the molecule is CC(Br)CSc1nc2ccccc2s1. The summed E-state index contributed by atoms with van der Waals surface area (Å²) < 4.78 is 2.44. The number of rotatable bonds is 3. The summed E-state index contributed by atoms with van der Waals surface area (Å²) in [7, 11) is 0. The van der Waals surface area contributed by atoms with Crippen molar-refractivity contribution in [2.24, 2.45) is 0 Å². The summed E-state index contributed by atoms with van der Waals surface area (Å²) in [4.78, 5) is 5.09. The molecule has 0 saturated carbocycles. The van der Waals surface area contributed by atoms with E-state index in [0.29, 0.717) is 4.83 Å². The Hall–Kier alpha value is -0.0600. The Labute approximate surface area is 100 Å². The van der Waals surface area contributed by atoms with Crippen molar-refractivity contribution in [1.82, 2.24) is 4.98 Å². The molecule has 0 N–H and O–H groups in total. The quantitative estimate of drug-likeness (QED) is 0.621. The third-order valence-corrected chi connectivity index (χ3v) is 4.90. The molecule has 74 valence electrons. The summed E-state index contributed by atoms with van der Waals surface area (Å²) in [5.41, 5.74) is 1.11. The van der Waals surface area contributed by atoms with E-state index in [0.717, 1.165) is 15.6 Å². The molecule has 2 aromatic rings. The number of thiazole rings is 1. The number of halogens is 1. The molecule has 0 fully saturated rings. The predicted octanol–water partition coefficient (Wildman–Crippen LogP) is 4.17. The predicted molar refractivity (Wildman–Crippen MR) is 68.7 cm³/mol. The first-order chi connectivity index (χ1) is 6.75. The van der Waals surface area contributed by atoms with Crippen molar-refractivity contribution in [2.45, 2.75) is 16.1 Å². The molecule has 1 unspecified atom stereocenters. The zero-order chi connectivity index (χ0) is 9.97. The minimum atomic E-state index is 0.541. The number of hydrogen-bond acceptors (Lipinski definition) is 3. The number of aromatic nitrogens is 1. The Balaban J connectivity index is 2.19. The molecule has 1 heterocycles. The number of hydrogen-bond donors (Lipinski definition) is 0. The van der Waals surface area contributed by atoms with Gasteiger partial charge in [-0.2, -0.15) is 0 Å². The summed E-state index contributed by atoms with van der Waals surface area (Å²) in [5.74, 6) is 1.07. The van der Waals surface area contributed by atoms with Crippen LogP contribution in [0.15, 0.2) is 28.6 Å². The van der Waals surface area contributed by atoms with Gasteiger partial charge in [0.05, 0.1) is 10.2 Å². The van der Waals surface area contributed by atoms with Gasteiger partial charge in [-0.3, -0.25) is 0 Å². The molecular formula is C10H10BrNS2. The van der Waals surface area contributed by atoms with E-state index in [4.69, 9.17) is 0 Å². The highest BCUT2D eigenvalue weighted by Crippen LogP contribution is 2.30. The van der Waals surface area contributed by atoms with Crippen molar-refractivity contribution in [3.05, 3.63) is 24.3 Å². The van der Waals surface area contributed by atoms with E-state index in [1.54, 1.807) is 11.3 Å². The molecule has 4 heteroatoms. The normalized spacial score (nSPS) is 13.3. The first-order valence-electron chi connectivity index (χ1n) is 4.38. The largest absolute Gasteiger partial charge is 0.230 e. The van der Waals surface area contributed by atoms with Gasteiger partial charge in [-0.25, -0.2) is 4.98 Å². The van der Waals surface area contributed by atoms with Crippen LogP contribution in [0.4, 0.5) is 0 Å². The Kier molecular flexibility index (Phi) is 3.47. The lowest BCUT2D eigenvalue weighted by Gasteiger charge is -1.97. The van der Waals surface area contributed by atoms with Crippen molar-refractivity contribution >= 4 is 49.2 Å². The summed E-state index contributed by atoms with van der Waals surface area (Å²) >= 11 is 7.12. The first-order valence-corrected chi connectivity index (χ1v) is 7.10. The second-order valence-corrected chi connectivity index (χ2v) is 6.90. The van der Waals surface area contributed by atoms with Crippen molar-refractivity contribution in [3.63, 3.8) is 0 Å². The van der Waals surface area contributed by atoms with E-state index in [1.165, 1.54) is 4.70 Å². The zero-order valence-corrected chi connectivity index (χ0v) is 11.0. The average Bonchev–Trinajstić information content (AvgIpc) is 2.57. The average molecular weight is 288 g/mol. The Morgan fingerprint density at radius 1 is 1.50 bits per heavy atom. The Morgan fingerprint density at radius 3 is 3.00 bits per heavy atom. The van der Waals surface area contributed by atoms with E-state index in [1.807, 2.05) is 17.8 Å². The lowest BCUT2D eigenvalue weighted by atomic mass is 10.3. The fourth-order valence-electron chi connectivity index (χ4n) is 1.10. The van der Waals surface area contributed by atoms with Gasteiger partial charge in [0.2, 0.25) is 0 Å². The summed E-state index contributed by atoms with van der Waals surface area (Å²) in [5, 5.41) is 0. The molecule has 0 aliphatic carbocycles. The summed E-state index contributed by atoms with van der Waals surface area (Å²) in [6.07, 6.45) is 0. The van der Waals surface area contributed by atoms with Gasteiger partial charge in [0, 0.05) is 10.6 Å². The van der Waals surface area contributed by atoms with Crippen LogP contribution < -0.4 is 0 Å². The van der Waals surface area contributed by atoms with Crippen LogP contribution in [-0.2, 0) is 0 Å². The maximum absolute atomic E-state index is 4.55. The Morgan fingerprint density at radius 2 is 2.29 bits per heavy atom. The van der Waals surface area contributed by atoms with Crippen LogP contribution in [0.25, 0.3) is 10.2 Å². The van der Waals surface area contributed by atoms with Crippen LogP contribution in [-0.4, -0.2) is 15.6 Å². The van der Waals surface area contributed by atoms with E-state index in [2.05, 4.69) is 46.0 Å². The molecule has 0 bridgehead atoms. The number of para-hydroxylation sites is 1. The molecule has 2 rings (SSSR count). The van der Waals surface area contributed by atoms with E-state index in [9.17, 15) is 0 Å². The van der Waals surface area contributed by atoms with Gasteiger partial charge in [0.15, 0.2) is 4.34 Å². The van der Waals surface area contributed by atoms with Crippen LogP contribution >= 0.6 is 39.0 Å². The van der Waals surface area contributed by atoms with Crippen molar-refractivity contribution in [1.29, 1.82) is 0 Å². The third kappa shape index (κ3) is 2.49. The van der Waals surface area contributed by atoms with Crippen LogP contribution in [0, 0.1) is 0 Å². The summed E-state index contributed by atoms with van der Waals surface area (Å²) in [6.45, 7) is 2.15. The molecule has 0 amide bonds. The highest BCUT2D eigenvalue weighted by Gasteiger charge is 2.04. The van der Waals surface area contributed by atoms with Crippen LogP contribution in [0.1, 0.15) is 6.92 Å². The van der Waals surface area contributed by atoms with E-state index >= 15 is 0 Å². The number of benzene rings is 1. The molecule has 0 spiro atoms. The molecular weight excluding hydrogens is 278 g/mol.